The molecule has 28 heavy (non-hydrogen) atoms. The average Bonchev–Trinajstić information content (AvgIpc) is 2.74. The maximum absolute atomic E-state index is 12.7. The van der Waals surface area contributed by atoms with E-state index in [-0.39, 0.29) is 11.4 Å². The van der Waals surface area contributed by atoms with Gasteiger partial charge in [0.1, 0.15) is 0 Å². The first-order valence-electron chi connectivity index (χ1n) is 10.8. The second-order valence-electron chi connectivity index (χ2n) is 8.43. The highest BCUT2D eigenvalue weighted by Gasteiger charge is 2.37. The van der Waals surface area contributed by atoms with Crippen LogP contribution in [0, 0.1) is 5.92 Å². The molecule has 2 aliphatic rings. The number of carbonyl (C=O) groups is 2. The van der Waals surface area contributed by atoms with Gasteiger partial charge in [-0.2, -0.15) is 0 Å². The van der Waals surface area contributed by atoms with Crippen LogP contribution >= 0.6 is 0 Å². The molecule has 5 heteroatoms. The molecular weight excluding hydrogens is 352 g/mol. The van der Waals surface area contributed by atoms with E-state index in [0.717, 1.165) is 19.3 Å². The number of nitrogens with zero attached hydrogens (tertiary/aromatic N) is 1. The van der Waals surface area contributed by atoms with E-state index in [1.807, 2.05) is 35.2 Å². The molecule has 1 aliphatic carbocycles. The monoisotopic (exact) mass is 386 g/mol. The molecule has 0 atom stereocenters. The van der Waals surface area contributed by atoms with Crippen LogP contribution in [-0.2, 0) is 9.53 Å². The third-order valence-corrected chi connectivity index (χ3v) is 6.46. The van der Waals surface area contributed by atoms with Gasteiger partial charge in [-0.25, -0.2) is 0 Å². The molecule has 0 aromatic heterocycles. The highest BCUT2D eigenvalue weighted by Crippen LogP contribution is 2.30. The number of hydrogen-bond donors (Lipinski definition) is 1. The summed E-state index contributed by atoms with van der Waals surface area (Å²) in [5, 5.41) is 3.27. The Morgan fingerprint density at radius 3 is 2.43 bits per heavy atom. The molecule has 0 radical (unpaired) electrons. The lowest BCUT2D eigenvalue weighted by atomic mass is 9.83. The lowest BCUT2D eigenvalue weighted by Crippen LogP contribution is -2.56. The fourth-order valence-electron chi connectivity index (χ4n) is 4.59. The van der Waals surface area contributed by atoms with Crippen LogP contribution in [0.4, 0.5) is 0 Å². The van der Waals surface area contributed by atoms with Gasteiger partial charge in [-0.1, -0.05) is 37.5 Å². The van der Waals surface area contributed by atoms with Crippen molar-refractivity contribution in [1.82, 2.24) is 10.2 Å². The molecule has 1 heterocycles. The quantitative estimate of drug-likeness (QED) is 0.776. The summed E-state index contributed by atoms with van der Waals surface area (Å²) in [6.45, 7) is 2.03. The smallest absolute Gasteiger partial charge is 0.251 e. The van der Waals surface area contributed by atoms with Crippen LogP contribution in [0.2, 0.25) is 0 Å². The minimum absolute atomic E-state index is 0.0429. The molecule has 1 aliphatic heterocycles. The van der Waals surface area contributed by atoms with E-state index in [2.05, 4.69) is 5.32 Å². The number of amides is 2. The summed E-state index contributed by atoms with van der Waals surface area (Å²) in [5.41, 5.74) is 0.375. The van der Waals surface area contributed by atoms with Crippen molar-refractivity contribution in [3.63, 3.8) is 0 Å². The number of methoxy groups -OCH3 is 1. The Morgan fingerprint density at radius 1 is 1.11 bits per heavy atom. The number of rotatable bonds is 7. The van der Waals surface area contributed by atoms with E-state index < -0.39 is 0 Å². The zero-order valence-corrected chi connectivity index (χ0v) is 17.1. The van der Waals surface area contributed by atoms with Crippen LogP contribution in [0.25, 0.3) is 0 Å². The fourth-order valence-corrected chi connectivity index (χ4v) is 4.59. The zero-order chi connectivity index (χ0) is 19.8. The second kappa shape index (κ2) is 10.1. The van der Waals surface area contributed by atoms with Gasteiger partial charge >= 0.3 is 0 Å². The SMILES string of the molecule is COCCC1(NC(=O)c2ccccc2)CCN(C(=O)CC2CCCCC2)CC1. The zero-order valence-electron chi connectivity index (χ0n) is 17.1. The highest BCUT2D eigenvalue weighted by atomic mass is 16.5. The lowest BCUT2D eigenvalue weighted by molar-refractivity contribution is -0.134. The van der Waals surface area contributed by atoms with Crippen LogP contribution in [0.5, 0.6) is 0 Å². The maximum Gasteiger partial charge on any atom is 0.251 e. The van der Waals surface area contributed by atoms with Gasteiger partial charge in [0.2, 0.25) is 5.91 Å². The first kappa shape index (κ1) is 20.8. The van der Waals surface area contributed by atoms with Crippen molar-refractivity contribution in [3.8, 4) is 0 Å². The Bertz CT molecular complexity index is 633. The summed E-state index contributed by atoms with van der Waals surface area (Å²) in [5.74, 6) is 0.819. The van der Waals surface area contributed by atoms with Gasteiger partial charge < -0.3 is 15.0 Å². The van der Waals surface area contributed by atoms with Crippen LogP contribution in [0.15, 0.2) is 30.3 Å². The molecule has 0 spiro atoms. The van der Waals surface area contributed by atoms with Gasteiger partial charge in [-0.3, -0.25) is 9.59 Å². The molecule has 1 aromatic carbocycles. The van der Waals surface area contributed by atoms with Gasteiger partial charge in [0.25, 0.3) is 5.91 Å². The third kappa shape index (κ3) is 5.57. The molecule has 0 unspecified atom stereocenters. The average molecular weight is 387 g/mol. The van der Waals surface area contributed by atoms with E-state index in [1.165, 1.54) is 32.1 Å². The number of piperidine rings is 1. The lowest BCUT2D eigenvalue weighted by Gasteiger charge is -2.43. The number of benzene rings is 1. The Hall–Kier alpha value is -1.88. The Balaban J connectivity index is 1.57. The van der Waals surface area contributed by atoms with Crippen molar-refractivity contribution in [1.29, 1.82) is 0 Å². The summed E-state index contributed by atoms with van der Waals surface area (Å²) in [4.78, 5) is 27.5. The summed E-state index contributed by atoms with van der Waals surface area (Å²) < 4.78 is 5.30. The number of likely N-dealkylation sites (tertiary alicyclic amines) is 1. The van der Waals surface area contributed by atoms with Crippen molar-refractivity contribution in [2.45, 2.75) is 63.3 Å². The van der Waals surface area contributed by atoms with Crippen LogP contribution in [0.3, 0.4) is 0 Å². The van der Waals surface area contributed by atoms with Crippen molar-refractivity contribution >= 4 is 11.8 Å². The van der Waals surface area contributed by atoms with E-state index in [4.69, 9.17) is 4.74 Å². The fraction of sp³-hybridized carbons (Fsp3) is 0.652. The molecule has 1 N–H and O–H groups in total. The van der Waals surface area contributed by atoms with Gasteiger partial charge in [0, 0.05) is 44.3 Å². The number of nitrogens with one attached hydrogen (secondary N) is 1. The minimum Gasteiger partial charge on any atom is -0.385 e. The third-order valence-electron chi connectivity index (χ3n) is 6.46. The van der Waals surface area contributed by atoms with Crippen molar-refractivity contribution in [2.24, 2.45) is 5.92 Å². The van der Waals surface area contributed by atoms with E-state index >= 15 is 0 Å². The van der Waals surface area contributed by atoms with Crippen LogP contribution in [-0.4, -0.2) is 49.1 Å². The van der Waals surface area contributed by atoms with Gasteiger partial charge in [0.05, 0.1) is 0 Å². The molecular formula is C23H34N2O3. The number of carbonyl (C=O) groups excluding carboxylic acids is 2. The summed E-state index contributed by atoms with van der Waals surface area (Å²) in [6, 6.07) is 9.34. The molecule has 5 nitrogen and oxygen atoms in total. The molecule has 2 fully saturated rings. The first-order chi connectivity index (χ1) is 13.6. The van der Waals surface area contributed by atoms with E-state index in [9.17, 15) is 9.59 Å². The summed E-state index contributed by atoms with van der Waals surface area (Å²) in [7, 11) is 1.69. The maximum atomic E-state index is 12.7. The Morgan fingerprint density at radius 2 is 1.79 bits per heavy atom. The number of ether oxygens (including phenoxy) is 1. The minimum atomic E-state index is -0.301. The highest BCUT2D eigenvalue weighted by molar-refractivity contribution is 5.94. The summed E-state index contributed by atoms with van der Waals surface area (Å²) >= 11 is 0. The predicted molar refractivity (Wildman–Crippen MR) is 110 cm³/mol. The molecule has 3 rings (SSSR count). The molecule has 0 bridgehead atoms. The molecule has 2 amide bonds. The number of hydrogen-bond acceptors (Lipinski definition) is 3. The topological polar surface area (TPSA) is 58.6 Å². The normalized spacial score (nSPS) is 20.0. The van der Waals surface area contributed by atoms with Crippen molar-refractivity contribution in [3.05, 3.63) is 35.9 Å². The predicted octanol–water partition coefficient (Wildman–Crippen LogP) is 3.78. The van der Waals surface area contributed by atoms with Gasteiger partial charge in [-0.15, -0.1) is 0 Å². The van der Waals surface area contributed by atoms with Gasteiger partial charge in [-0.05, 0) is 50.2 Å². The molecule has 1 saturated heterocycles. The summed E-state index contributed by atoms with van der Waals surface area (Å²) in [6.07, 6.45) is 9.28. The van der Waals surface area contributed by atoms with Crippen molar-refractivity contribution in [2.75, 3.05) is 26.8 Å². The van der Waals surface area contributed by atoms with E-state index in [0.29, 0.717) is 43.5 Å². The van der Waals surface area contributed by atoms with Crippen LogP contribution < -0.4 is 5.32 Å². The standard InChI is InChI=1S/C23H34N2O3/c1-28-17-14-23(24-22(27)20-10-6-3-7-11-20)12-15-25(16-13-23)21(26)18-19-8-4-2-5-9-19/h3,6-7,10-11,19H,2,4-5,8-9,12-18H2,1H3,(H,24,27). The molecule has 1 saturated carbocycles. The van der Waals surface area contributed by atoms with E-state index in [1.54, 1.807) is 7.11 Å². The Kier molecular flexibility index (Phi) is 7.49. The first-order valence-corrected chi connectivity index (χ1v) is 10.8. The molecule has 1 aromatic rings. The van der Waals surface area contributed by atoms with Crippen LogP contribution in [0.1, 0.15) is 68.1 Å². The Labute approximate surface area is 168 Å². The van der Waals surface area contributed by atoms with Crippen molar-refractivity contribution < 1.29 is 14.3 Å². The molecule has 154 valence electrons. The largest absolute Gasteiger partial charge is 0.385 e. The van der Waals surface area contributed by atoms with Gasteiger partial charge in [0.15, 0.2) is 0 Å². The second-order valence-corrected chi connectivity index (χ2v) is 8.43.